The fourth-order valence-corrected chi connectivity index (χ4v) is 3.17. The molecule has 0 spiro atoms. The van der Waals surface area contributed by atoms with E-state index >= 15 is 0 Å². The molecular formula is C21H23FN2O3. The molecule has 6 heteroatoms. The van der Waals surface area contributed by atoms with Crippen LogP contribution in [0.1, 0.15) is 40.5 Å². The first kappa shape index (κ1) is 18.9. The van der Waals surface area contributed by atoms with Crippen LogP contribution in [0, 0.1) is 5.82 Å². The maximum absolute atomic E-state index is 13.3. The number of ether oxygens (including phenoxy) is 1. The highest BCUT2D eigenvalue weighted by atomic mass is 19.1. The molecule has 2 aromatic rings. The van der Waals surface area contributed by atoms with E-state index < -0.39 is 5.82 Å². The van der Waals surface area contributed by atoms with Gasteiger partial charge in [0.25, 0.3) is 11.8 Å². The molecule has 1 saturated heterocycles. The van der Waals surface area contributed by atoms with E-state index in [1.165, 1.54) is 18.2 Å². The Kier molecular flexibility index (Phi) is 6.06. The molecule has 1 N–H and O–H groups in total. The lowest BCUT2D eigenvalue weighted by atomic mass is 10.0. The quantitative estimate of drug-likeness (QED) is 0.879. The summed E-state index contributed by atoms with van der Waals surface area (Å²) in [6, 6.07) is 12.8. The molecule has 0 bridgehead atoms. The van der Waals surface area contributed by atoms with E-state index in [0.717, 1.165) is 5.75 Å². The molecule has 0 radical (unpaired) electrons. The van der Waals surface area contributed by atoms with Gasteiger partial charge in [-0.25, -0.2) is 4.39 Å². The van der Waals surface area contributed by atoms with Crippen LogP contribution < -0.4 is 10.1 Å². The lowest BCUT2D eigenvalue weighted by Gasteiger charge is -2.32. The van der Waals surface area contributed by atoms with Crippen molar-refractivity contribution >= 4 is 11.8 Å². The van der Waals surface area contributed by atoms with Crippen molar-refractivity contribution in [3.63, 3.8) is 0 Å². The Morgan fingerprint density at radius 3 is 2.44 bits per heavy atom. The highest BCUT2D eigenvalue weighted by Crippen LogP contribution is 2.16. The van der Waals surface area contributed by atoms with E-state index in [2.05, 4.69) is 5.32 Å². The summed E-state index contributed by atoms with van der Waals surface area (Å²) >= 11 is 0. The summed E-state index contributed by atoms with van der Waals surface area (Å²) in [6.45, 7) is 3.55. The van der Waals surface area contributed by atoms with Crippen molar-refractivity contribution in [3.05, 3.63) is 65.5 Å². The minimum absolute atomic E-state index is 0.0145. The first-order chi connectivity index (χ1) is 13.1. The van der Waals surface area contributed by atoms with Crippen molar-refractivity contribution in [2.75, 3.05) is 19.7 Å². The van der Waals surface area contributed by atoms with E-state index in [1.54, 1.807) is 35.2 Å². The minimum Gasteiger partial charge on any atom is -0.494 e. The zero-order chi connectivity index (χ0) is 19.2. The van der Waals surface area contributed by atoms with Crippen molar-refractivity contribution in [2.24, 2.45) is 0 Å². The van der Waals surface area contributed by atoms with Crippen LogP contribution in [0.25, 0.3) is 0 Å². The van der Waals surface area contributed by atoms with Crippen molar-refractivity contribution in [1.82, 2.24) is 10.2 Å². The molecule has 0 unspecified atom stereocenters. The molecule has 1 aliphatic rings. The van der Waals surface area contributed by atoms with Crippen LogP contribution in [-0.2, 0) is 0 Å². The Hall–Kier alpha value is -2.89. The summed E-state index contributed by atoms with van der Waals surface area (Å²) in [7, 11) is 0. The van der Waals surface area contributed by atoms with Crippen molar-refractivity contribution in [3.8, 4) is 5.75 Å². The van der Waals surface area contributed by atoms with Crippen LogP contribution in [0.4, 0.5) is 4.39 Å². The van der Waals surface area contributed by atoms with Gasteiger partial charge in [0.2, 0.25) is 0 Å². The first-order valence-electron chi connectivity index (χ1n) is 9.15. The van der Waals surface area contributed by atoms with Gasteiger partial charge in [-0.1, -0.05) is 6.07 Å². The lowest BCUT2D eigenvalue weighted by Crippen LogP contribution is -2.46. The molecular weight excluding hydrogens is 347 g/mol. The summed E-state index contributed by atoms with van der Waals surface area (Å²) in [5.41, 5.74) is 0.934. The number of carbonyl (C=O) groups excluding carboxylic acids is 2. The predicted molar refractivity (Wildman–Crippen MR) is 100 cm³/mol. The van der Waals surface area contributed by atoms with Gasteiger partial charge in [-0.2, -0.15) is 0 Å². The Morgan fingerprint density at radius 1 is 1.11 bits per heavy atom. The zero-order valence-electron chi connectivity index (χ0n) is 15.3. The van der Waals surface area contributed by atoms with Crippen LogP contribution in [0.15, 0.2) is 48.5 Å². The van der Waals surface area contributed by atoms with Gasteiger partial charge in [0.1, 0.15) is 11.6 Å². The number of rotatable bonds is 5. The molecule has 1 aliphatic heterocycles. The van der Waals surface area contributed by atoms with Crippen LogP contribution in [-0.4, -0.2) is 42.5 Å². The van der Waals surface area contributed by atoms with Crippen molar-refractivity contribution in [2.45, 2.75) is 25.8 Å². The molecule has 0 aromatic heterocycles. The third-order valence-electron chi connectivity index (χ3n) is 4.62. The van der Waals surface area contributed by atoms with Crippen LogP contribution in [0.3, 0.4) is 0 Å². The number of nitrogens with zero attached hydrogens (tertiary/aromatic N) is 1. The standard InChI is InChI=1S/C21H23FN2O3/c1-2-27-19-8-6-15(7-9-19)20(25)23-18-10-12-24(13-11-18)21(26)16-4-3-5-17(22)14-16/h3-9,14,18H,2,10-13H2,1H3,(H,23,25). The fraction of sp³-hybridized carbons (Fsp3) is 0.333. The van der Waals surface area contributed by atoms with Gasteiger partial charge in [-0.3, -0.25) is 9.59 Å². The summed E-state index contributed by atoms with van der Waals surface area (Å²) in [6.07, 6.45) is 1.34. The summed E-state index contributed by atoms with van der Waals surface area (Å²) in [5.74, 6) is 0.00955. The average molecular weight is 370 g/mol. The maximum Gasteiger partial charge on any atom is 0.253 e. The van der Waals surface area contributed by atoms with Crippen LogP contribution in [0.2, 0.25) is 0 Å². The number of piperidine rings is 1. The number of hydrogen-bond acceptors (Lipinski definition) is 3. The third kappa shape index (κ3) is 4.84. The highest BCUT2D eigenvalue weighted by Gasteiger charge is 2.25. The second-order valence-corrected chi connectivity index (χ2v) is 6.51. The second kappa shape index (κ2) is 8.66. The van der Waals surface area contributed by atoms with Gasteiger partial charge < -0.3 is 15.0 Å². The predicted octanol–water partition coefficient (Wildman–Crippen LogP) is 3.26. The second-order valence-electron chi connectivity index (χ2n) is 6.51. The maximum atomic E-state index is 13.3. The number of nitrogens with one attached hydrogen (secondary N) is 1. The van der Waals surface area contributed by atoms with E-state index in [-0.39, 0.29) is 17.9 Å². The SMILES string of the molecule is CCOc1ccc(C(=O)NC2CCN(C(=O)c3cccc(F)c3)CC2)cc1. The Balaban J connectivity index is 1.51. The number of amides is 2. The van der Waals surface area contributed by atoms with Gasteiger partial charge in [0.05, 0.1) is 6.61 Å². The molecule has 5 nitrogen and oxygen atoms in total. The number of benzene rings is 2. The molecule has 3 rings (SSSR count). The van der Waals surface area contributed by atoms with E-state index in [1.807, 2.05) is 6.92 Å². The summed E-state index contributed by atoms with van der Waals surface area (Å²) < 4.78 is 18.7. The lowest BCUT2D eigenvalue weighted by molar-refractivity contribution is 0.0697. The largest absolute Gasteiger partial charge is 0.494 e. The average Bonchev–Trinajstić information content (AvgIpc) is 2.69. The minimum atomic E-state index is -0.418. The molecule has 27 heavy (non-hydrogen) atoms. The molecule has 1 heterocycles. The Bertz CT molecular complexity index is 799. The van der Waals surface area contributed by atoms with Gasteiger partial charge in [0, 0.05) is 30.3 Å². The Morgan fingerprint density at radius 2 is 1.81 bits per heavy atom. The van der Waals surface area contributed by atoms with Gasteiger partial charge >= 0.3 is 0 Å². The molecule has 142 valence electrons. The molecule has 0 aliphatic carbocycles. The number of halogens is 1. The normalized spacial score (nSPS) is 14.7. The molecule has 1 fully saturated rings. The van der Waals surface area contributed by atoms with E-state index in [4.69, 9.17) is 4.74 Å². The van der Waals surface area contributed by atoms with E-state index in [0.29, 0.717) is 43.7 Å². The molecule has 2 amide bonds. The van der Waals surface area contributed by atoms with Crippen molar-refractivity contribution in [1.29, 1.82) is 0 Å². The highest BCUT2D eigenvalue weighted by molar-refractivity contribution is 5.95. The molecule has 0 atom stereocenters. The fourth-order valence-electron chi connectivity index (χ4n) is 3.17. The smallest absolute Gasteiger partial charge is 0.253 e. The van der Waals surface area contributed by atoms with Crippen LogP contribution in [0.5, 0.6) is 5.75 Å². The van der Waals surface area contributed by atoms with Crippen LogP contribution >= 0.6 is 0 Å². The summed E-state index contributed by atoms with van der Waals surface area (Å²) in [4.78, 5) is 26.5. The van der Waals surface area contributed by atoms with Crippen molar-refractivity contribution < 1.29 is 18.7 Å². The van der Waals surface area contributed by atoms with E-state index in [9.17, 15) is 14.0 Å². The zero-order valence-corrected chi connectivity index (χ0v) is 15.3. The monoisotopic (exact) mass is 370 g/mol. The third-order valence-corrected chi connectivity index (χ3v) is 4.62. The molecule has 2 aromatic carbocycles. The number of carbonyl (C=O) groups is 2. The topological polar surface area (TPSA) is 58.6 Å². The first-order valence-corrected chi connectivity index (χ1v) is 9.15. The summed E-state index contributed by atoms with van der Waals surface area (Å²) in [5, 5.41) is 3.02. The Labute approximate surface area is 158 Å². The number of hydrogen-bond donors (Lipinski definition) is 1. The van der Waals surface area contributed by atoms with Gasteiger partial charge in [-0.15, -0.1) is 0 Å². The number of likely N-dealkylation sites (tertiary alicyclic amines) is 1. The molecule has 0 saturated carbocycles. The van der Waals surface area contributed by atoms with Gasteiger partial charge in [-0.05, 0) is 62.2 Å². The van der Waals surface area contributed by atoms with Gasteiger partial charge in [0.15, 0.2) is 0 Å².